The molecule has 1 aromatic heterocycles. The van der Waals surface area contributed by atoms with E-state index in [1.165, 1.54) is 59.9 Å². The molecule has 9 aromatic rings. The minimum atomic E-state index is -0.381. The maximum absolute atomic E-state index is 5.03. The van der Waals surface area contributed by atoms with Crippen LogP contribution in [0.2, 0.25) is 0 Å². The van der Waals surface area contributed by atoms with Crippen LogP contribution in [0.15, 0.2) is 216 Å². The van der Waals surface area contributed by atoms with Gasteiger partial charge >= 0.3 is 0 Å². The Kier molecular flexibility index (Phi) is 7.68. The van der Waals surface area contributed by atoms with Gasteiger partial charge in [0.1, 0.15) is 0 Å². The molecule has 2 aliphatic rings. The van der Waals surface area contributed by atoms with Gasteiger partial charge in [0.2, 0.25) is 0 Å². The number of benzene rings is 8. The second-order valence-corrected chi connectivity index (χ2v) is 15.6. The molecule has 262 valence electrons. The zero-order valence-electron chi connectivity index (χ0n) is 30.4. The van der Waals surface area contributed by atoms with Gasteiger partial charge in [0.05, 0.1) is 16.8 Å². The Morgan fingerprint density at radius 1 is 0.304 bits per heavy atom. The van der Waals surface area contributed by atoms with E-state index in [0.717, 1.165) is 33.6 Å². The van der Waals surface area contributed by atoms with E-state index in [9.17, 15) is 0 Å². The third kappa shape index (κ3) is 5.20. The summed E-state index contributed by atoms with van der Waals surface area (Å²) in [5.41, 5.74) is 17.4. The minimum absolute atomic E-state index is 0.381. The smallest absolute Gasteiger partial charge is 0.160 e. The highest BCUT2D eigenvalue weighted by Gasteiger charge is 2.50. The first-order valence-corrected chi connectivity index (χ1v) is 19.9. The van der Waals surface area contributed by atoms with Crippen LogP contribution in [-0.2, 0) is 5.41 Å². The van der Waals surface area contributed by atoms with Crippen molar-refractivity contribution in [3.05, 3.63) is 229 Å². The Morgan fingerprint density at radius 2 is 0.732 bits per heavy atom. The molecule has 0 N–H and O–H groups in total. The van der Waals surface area contributed by atoms with Crippen molar-refractivity contribution >= 4 is 11.8 Å². The second kappa shape index (κ2) is 13.2. The highest BCUT2D eigenvalue weighted by Crippen LogP contribution is 2.62. The fraction of sp³-hybridized carbons (Fsp3) is 0.0189. The molecule has 2 heterocycles. The molecule has 0 unspecified atom stereocenters. The predicted molar refractivity (Wildman–Crippen MR) is 231 cm³/mol. The van der Waals surface area contributed by atoms with Gasteiger partial charge in [0.25, 0.3) is 0 Å². The van der Waals surface area contributed by atoms with Gasteiger partial charge in [-0.15, -0.1) is 0 Å². The fourth-order valence-corrected chi connectivity index (χ4v) is 9.97. The van der Waals surface area contributed by atoms with Crippen LogP contribution in [0.4, 0.5) is 0 Å². The van der Waals surface area contributed by atoms with Gasteiger partial charge in [0.15, 0.2) is 5.82 Å². The molecule has 0 bridgehead atoms. The van der Waals surface area contributed by atoms with Crippen molar-refractivity contribution in [3.63, 3.8) is 0 Å². The van der Waals surface area contributed by atoms with E-state index in [1.54, 1.807) is 0 Å². The highest BCUT2D eigenvalue weighted by molar-refractivity contribution is 7.99. The summed E-state index contributed by atoms with van der Waals surface area (Å²) >= 11 is 1.89. The molecule has 3 heteroatoms. The molecule has 0 saturated carbocycles. The summed E-state index contributed by atoms with van der Waals surface area (Å²) in [6.07, 6.45) is 0. The minimum Gasteiger partial charge on any atom is -0.228 e. The normalized spacial score (nSPS) is 13.1. The van der Waals surface area contributed by atoms with Gasteiger partial charge in [-0.1, -0.05) is 194 Å². The quantitative estimate of drug-likeness (QED) is 0.176. The molecule has 0 fully saturated rings. The largest absolute Gasteiger partial charge is 0.228 e. The molecule has 8 aromatic carbocycles. The van der Waals surface area contributed by atoms with Crippen LogP contribution in [0.5, 0.6) is 0 Å². The molecule has 1 aliphatic carbocycles. The van der Waals surface area contributed by atoms with Crippen LogP contribution >= 0.6 is 11.8 Å². The molecule has 0 radical (unpaired) electrons. The Labute approximate surface area is 331 Å². The number of aromatic nitrogens is 2. The Bertz CT molecular complexity index is 2810. The van der Waals surface area contributed by atoms with E-state index in [4.69, 9.17) is 9.97 Å². The molecule has 0 atom stereocenters. The van der Waals surface area contributed by atoms with Gasteiger partial charge in [-0.2, -0.15) is 0 Å². The van der Waals surface area contributed by atoms with Gasteiger partial charge < -0.3 is 0 Å². The maximum Gasteiger partial charge on any atom is 0.160 e. The highest BCUT2D eigenvalue weighted by atomic mass is 32.2. The molecule has 1 spiro atoms. The predicted octanol–water partition coefficient (Wildman–Crippen LogP) is 13.6. The van der Waals surface area contributed by atoms with E-state index in [0.29, 0.717) is 5.82 Å². The zero-order valence-corrected chi connectivity index (χ0v) is 31.2. The standard InChI is InChI=1S/C53H34N2S/c1-3-13-38(14-4-1)48-34-49(39-15-5-2-6-16-39)55-52(54-48)40-29-27-36(28-30-40)35-23-25-37(26-24-35)41-31-32-51-47(33-41)53(46-21-11-12-22-50(46)56-51)44-19-9-7-17-42(44)43-18-8-10-20-45(43)53/h1-34H. The lowest BCUT2D eigenvalue weighted by atomic mass is 9.67. The first-order chi connectivity index (χ1) is 27.7. The second-order valence-electron chi connectivity index (χ2n) is 14.5. The summed E-state index contributed by atoms with van der Waals surface area (Å²) < 4.78 is 0. The van der Waals surface area contributed by atoms with E-state index in [1.807, 2.05) is 48.2 Å². The number of fused-ring (bicyclic) bond motifs is 9. The summed E-state index contributed by atoms with van der Waals surface area (Å²) in [6.45, 7) is 0. The van der Waals surface area contributed by atoms with Crippen molar-refractivity contribution < 1.29 is 0 Å². The fourth-order valence-electron chi connectivity index (χ4n) is 8.79. The number of hydrogen-bond acceptors (Lipinski definition) is 3. The zero-order chi connectivity index (χ0) is 37.1. The van der Waals surface area contributed by atoms with Gasteiger partial charge in [-0.05, 0) is 79.9 Å². The topological polar surface area (TPSA) is 25.8 Å². The molecule has 0 saturated heterocycles. The van der Waals surface area contributed by atoms with Crippen LogP contribution < -0.4 is 0 Å². The van der Waals surface area contributed by atoms with Crippen molar-refractivity contribution in [3.8, 4) is 67.3 Å². The van der Waals surface area contributed by atoms with Gasteiger partial charge in [-0.3, -0.25) is 0 Å². The summed E-state index contributed by atoms with van der Waals surface area (Å²) in [5, 5.41) is 0. The molecular weight excluding hydrogens is 697 g/mol. The van der Waals surface area contributed by atoms with Crippen LogP contribution in [0.1, 0.15) is 22.3 Å². The lowest BCUT2D eigenvalue weighted by molar-refractivity contribution is 0.723. The molecular formula is C53H34N2S. The molecule has 0 amide bonds. The Hall–Kier alpha value is -6.81. The van der Waals surface area contributed by atoms with E-state index < -0.39 is 0 Å². The summed E-state index contributed by atoms with van der Waals surface area (Å²) in [4.78, 5) is 12.7. The third-order valence-electron chi connectivity index (χ3n) is 11.4. The Balaban J connectivity index is 0.950. The number of hydrogen-bond donors (Lipinski definition) is 0. The molecule has 2 nitrogen and oxygen atoms in total. The SMILES string of the molecule is c1ccc(-c2cc(-c3ccccc3)nc(-c3ccc(-c4ccc(-c5ccc6c(c5)C5(c7ccccc7S6)c6ccccc6-c6ccccc65)cc4)cc3)n2)cc1. The summed E-state index contributed by atoms with van der Waals surface area (Å²) in [5.74, 6) is 0.714. The van der Waals surface area contributed by atoms with Crippen molar-refractivity contribution in [2.24, 2.45) is 0 Å². The van der Waals surface area contributed by atoms with Crippen LogP contribution in [0.25, 0.3) is 67.3 Å². The van der Waals surface area contributed by atoms with Crippen LogP contribution in [-0.4, -0.2) is 9.97 Å². The average Bonchev–Trinajstić information content (AvgIpc) is 3.57. The lowest BCUT2D eigenvalue weighted by Crippen LogP contribution is -2.32. The van der Waals surface area contributed by atoms with Crippen molar-refractivity contribution in [1.29, 1.82) is 0 Å². The lowest BCUT2D eigenvalue weighted by Gasteiger charge is -2.40. The van der Waals surface area contributed by atoms with Crippen molar-refractivity contribution in [2.75, 3.05) is 0 Å². The van der Waals surface area contributed by atoms with Crippen molar-refractivity contribution in [1.82, 2.24) is 9.97 Å². The first-order valence-electron chi connectivity index (χ1n) is 19.1. The van der Waals surface area contributed by atoms with Gasteiger partial charge in [0, 0.05) is 26.5 Å². The van der Waals surface area contributed by atoms with Crippen molar-refractivity contribution in [2.45, 2.75) is 15.2 Å². The molecule has 11 rings (SSSR count). The first kappa shape index (κ1) is 32.6. The summed E-state index contributed by atoms with van der Waals surface area (Å²) in [6, 6.07) is 74.4. The maximum atomic E-state index is 5.03. The van der Waals surface area contributed by atoms with E-state index >= 15 is 0 Å². The Morgan fingerprint density at radius 3 is 1.30 bits per heavy atom. The summed E-state index contributed by atoms with van der Waals surface area (Å²) in [7, 11) is 0. The third-order valence-corrected chi connectivity index (χ3v) is 12.6. The number of rotatable bonds is 5. The van der Waals surface area contributed by atoms with Crippen LogP contribution in [0.3, 0.4) is 0 Å². The van der Waals surface area contributed by atoms with E-state index in [2.05, 4.69) is 170 Å². The number of nitrogens with zero attached hydrogens (tertiary/aromatic N) is 2. The average molecular weight is 731 g/mol. The van der Waals surface area contributed by atoms with E-state index in [-0.39, 0.29) is 5.41 Å². The molecule has 1 aliphatic heterocycles. The van der Waals surface area contributed by atoms with Crippen LogP contribution in [0, 0.1) is 0 Å². The molecule has 56 heavy (non-hydrogen) atoms. The van der Waals surface area contributed by atoms with Gasteiger partial charge in [-0.25, -0.2) is 9.97 Å². The monoisotopic (exact) mass is 730 g/mol.